The number of nitrogens with one attached hydrogen (secondary N) is 1. The molecule has 26 heavy (non-hydrogen) atoms. The first kappa shape index (κ1) is 22.3. The van der Waals surface area contributed by atoms with E-state index in [0.717, 1.165) is 6.42 Å². The number of hydrogen-bond acceptors (Lipinski definition) is 5. The van der Waals surface area contributed by atoms with E-state index in [4.69, 9.17) is 32.7 Å². The van der Waals surface area contributed by atoms with Crippen LogP contribution in [0.1, 0.15) is 40.5 Å². The molecule has 0 heterocycles. The molecule has 1 N–H and O–H groups in total. The first-order valence-corrected chi connectivity index (χ1v) is 9.18. The molecule has 0 saturated heterocycles. The lowest BCUT2D eigenvalue weighted by Gasteiger charge is -2.16. The summed E-state index contributed by atoms with van der Waals surface area (Å²) in [6.07, 6.45) is 0.549. The molecular weight excluding hydrogens is 379 g/mol. The van der Waals surface area contributed by atoms with E-state index < -0.39 is 17.9 Å². The number of amides is 1. The summed E-state index contributed by atoms with van der Waals surface area (Å²) < 4.78 is 10.6. The van der Waals surface area contributed by atoms with Gasteiger partial charge in [0.25, 0.3) is 5.91 Å². The average Bonchev–Trinajstić information content (AvgIpc) is 2.59. The maximum atomic E-state index is 12.2. The van der Waals surface area contributed by atoms with Gasteiger partial charge in [0.1, 0.15) is 5.75 Å². The summed E-state index contributed by atoms with van der Waals surface area (Å²) in [5.74, 6) is -0.950. The van der Waals surface area contributed by atoms with Crippen LogP contribution in [-0.2, 0) is 14.3 Å². The van der Waals surface area contributed by atoms with E-state index in [1.165, 1.54) is 6.07 Å². The number of rotatable bonds is 9. The van der Waals surface area contributed by atoms with Crippen LogP contribution in [0.15, 0.2) is 23.3 Å². The lowest BCUT2D eigenvalue weighted by atomic mass is 9.99. The monoisotopic (exact) mass is 402 g/mol. The van der Waals surface area contributed by atoms with E-state index in [1.807, 2.05) is 6.92 Å². The number of nitrogens with zero attached hydrogens (tertiary/aromatic N) is 1. The maximum absolute atomic E-state index is 12.2. The van der Waals surface area contributed by atoms with Gasteiger partial charge in [-0.05, 0) is 45.4 Å². The number of benzene rings is 1. The van der Waals surface area contributed by atoms with Crippen molar-refractivity contribution in [1.82, 2.24) is 5.43 Å². The van der Waals surface area contributed by atoms with Gasteiger partial charge in [-0.1, -0.05) is 36.5 Å². The molecule has 2 atom stereocenters. The Morgan fingerprint density at radius 3 is 2.54 bits per heavy atom. The van der Waals surface area contributed by atoms with Gasteiger partial charge in [0.05, 0.1) is 17.5 Å². The molecule has 1 aromatic rings. The van der Waals surface area contributed by atoms with Gasteiger partial charge in [-0.2, -0.15) is 5.10 Å². The lowest BCUT2D eigenvalue weighted by molar-refractivity contribution is -0.145. The molecular formula is C18H24Cl2N2O4. The SMILES string of the molecule is CCC[C@@H](C(=O)OCC)/C(C)=N/NC(=O)[C@@H](C)Oc1ccc(Cl)cc1Cl. The first-order chi connectivity index (χ1) is 12.3. The molecule has 0 aromatic heterocycles. The zero-order valence-corrected chi connectivity index (χ0v) is 16.9. The van der Waals surface area contributed by atoms with Crippen LogP contribution in [0, 0.1) is 5.92 Å². The summed E-state index contributed by atoms with van der Waals surface area (Å²) in [7, 11) is 0. The van der Waals surface area contributed by atoms with E-state index in [-0.39, 0.29) is 5.97 Å². The van der Waals surface area contributed by atoms with Crippen LogP contribution < -0.4 is 10.2 Å². The topological polar surface area (TPSA) is 77.0 Å². The number of carbonyl (C=O) groups excluding carboxylic acids is 2. The van der Waals surface area contributed by atoms with Gasteiger partial charge in [-0.15, -0.1) is 0 Å². The number of ether oxygens (including phenoxy) is 2. The van der Waals surface area contributed by atoms with Gasteiger partial charge in [0, 0.05) is 10.7 Å². The number of halogens is 2. The number of hydrogen-bond donors (Lipinski definition) is 1. The van der Waals surface area contributed by atoms with E-state index >= 15 is 0 Å². The normalized spacial score (nSPS) is 13.7. The fraction of sp³-hybridized carbons (Fsp3) is 0.500. The molecule has 144 valence electrons. The van der Waals surface area contributed by atoms with Crippen molar-refractivity contribution in [2.24, 2.45) is 11.0 Å². The average molecular weight is 403 g/mol. The lowest BCUT2D eigenvalue weighted by Crippen LogP contribution is -2.35. The maximum Gasteiger partial charge on any atom is 0.314 e. The smallest absolute Gasteiger partial charge is 0.314 e. The van der Waals surface area contributed by atoms with Gasteiger partial charge in [-0.3, -0.25) is 9.59 Å². The molecule has 0 radical (unpaired) electrons. The number of hydrazone groups is 1. The summed E-state index contributed by atoms with van der Waals surface area (Å²) in [5.41, 5.74) is 2.90. The fourth-order valence-electron chi connectivity index (χ4n) is 2.16. The van der Waals surface area contributed by atoms with Crippen LogP contribution in [0.25, 0.3) is 0 Å². The molecule has 0 bridgehead atoms. The van der Waals surface area contributed by atoms with Gasteiger partial charge in [0.15, 0.2) is 6.10 Å². The second kappa shape index (κ2) is 11.0. The molecule has 0 saturated carbocycles. The van der Waals surface area contributed by atoms with Crippen LogP contribution >= 0.6 is 23.2 Å². The van der Waals surface area contributed by atoms with Crippen molar-refractivity contribution < 1.29 is 19.1 Å². The highest BCUT2D eigenvalue weighted by atomic mass is 35.5. The third-order valence-corrected chi connectivity index (χ3v) is 4.09. The standard InChI is InChI=1S/C18H24Cl2N2O4/c1-5-7-14(18(24)25-6-2)11(3)21-22-17(23)12(4)26-16-9-8-13(19)10-15(16)20/h8-10,12,14H,5-7H2,1-4H3,(H,22,23)/b21-11+/t12-,14-/m1/s1. The highest BCUT2D eigenvalue weighted by Gasteiger charge is 2.23. The molecule has 0 spiro atoms. The minimum atomic E-state index is -0.836. The van der Waals surface area contributed by atoms with E-state index in [9.17, 15) is 9.59 Å². The Bertz CT molecular complexity index is 665. The Hall–Kier alpha value is -1.79. The fourth-order valence-corrected chi connectivity index (χ4v) is 2.61. The van der Waals surface area contributed by atoms with Crippen molar-refractivity contribution in [3.05, 3.63) is 28.2 Å². The predicted molar refractivity (Wildman–Crippen MR) is 103 cm³/mol. The van der Waals surface area contributed by atoms with Crippen molar-refractivity contribution in [2.75, 3.05) is 6.61 Å². The van der Waals surface area contributed by atoms with Crippen LogP contribution in [0.4, 0.5) is 0 Å². The van der Waals surface area contributed by atoms with Gasteiger partial charge in [0.2, 0.25) is 0 Å². The summed E-state index contributed by atoms with van der Waals surface area (Å²) in [6.45, 7) is 7.25. The zero-order chi connectivity index (χ0) is 19.7. The van der Waals surface area contributed by atoms with Crippen LogP contribution in [0.3, 0.4) is 0 Å². The minimum absolute atomic E-state index is 0.297. The second-order valence-electron chi connectivity index (χ2n) is 5.66. The number of esters is 1. The first-order valence-electron chi connectivity index (χ1n) is 8.42. The third kappa shape index (κ3) is 6.84. The summed E-state index contributed by atoms with van der Waals surface area (Å²) in [6, 6.07) is 4.73. The van der Waals surface area contributed by atoms with Crippen molar-refractivity contribution in [2.45, 2.75) is 46.6 Å². The Kier molecular flexibility index (Phi) is 9.44. The van der Waals surface area contributed by atoms with Crippen LogP contribution in [0.2, 0.25) is 10.0 Å². The highest BCUT2D eigenvalue weighted by molar-refractivity contribution is 6.35. The minimum Gasteiger partial charge on any atom is -0.479 e. The molecule has 0 unspecified atom stereocenters. The zero-order valence-electron chi connectivity index (χ0n) is 15.3. The molecule has 1 rings (SSSR count). The van der Waals surface area contributed by atoms with Crippen LogP contribution in [0.5, 0.6) is 5.75 Å². The highest BCUT2D eigenvalue weighted by Crippen LogP contribution is 2.28. The molecule has 1 amide bonds. The van der Waals surface area contributed by atoms with Crippen molar-refractivity contribution >= 4 is 40.8 Å². The van der Waals surface area contributed by atoms with Gasteiger partial charge in [-0.25, -0.2) is 5.43 Å². The van der Waals surface area contributed by atoms with Crippen molar-refractivity contribution in [3.63, 3.8) is 0 Å². The molecule has 8 heteroatoms. The molecule has 0 aliphatic carbocycles. The number of carbonyl (C=O) groups is 2. The summed E-state index contributed by atoms with van der Waals surface area (Å²) in [5, 5.41) is 4.81. The van der Waals surface area contributed by atoms with Crippen molar-refractivity contribution in [3.8, 4) is 5.75 Å². The largest absolute Gasteiger partial charge is 0.479 e. The van der Waals surface area contributed by atoms with E-state index in [1.54, 1.807) is 32.9 Å². The van der Waals surface area contributed by atoms with Crippen molar-refractivity contribution in [1.29, 1.82) is 0 Å². The van der Waals surface area contributed by atoms with Gasteiger partial charge >= 0.3 is 5.97 Å². The van der Waals surface area contributed by atoms with E-state index in [0.29, 0.717) is 34.5 Å². The van der Waals surface area contributed by atoms with E-state index in [2.05, 4.69) is 10.5 Å². The predicted octanol–water partition coefficient (Wildman–Crippen LogP) is 4.23. The quantitative estimate of drug-likeness (QED) is 0.380. The molecule has 6 nitrogen and oxygen atoms in total. The third-order valence-electron chi connectivity index (χ3n) is 3.56. The summed E-state index contributed by atoms with van der Waals surface area (Å²) in [4.78, 5) is 24.2. The Morgan fingerprint density at radius 1 is 1.27 bits per heavy atom. The van der Waals surface area contributed by atoms with Gasteiger partial charge < -0.3 is 9.47 Å². The van der Waals surface area contributed by atoms with Crippen LogP contribution in [-0.4, -0.2) is 30.3 Å². The molecule has 0 fully saturated rings. The second-order valence-corrected chi connectivity index (χ2v) is 6.50. The summed E-state index contributed by atoms with van der Waals surface area (Å²) >= 11 is 11.9. The Balaban J connectivity index is 2.71. The molecule has 0 aliphatic rings. The molecule has 1 aromatic carbocycles. The Labute approximate surface area is 163 Å². The Morgan fingerprint density at radius 2 is 1.96 bits per heavy atom. The molecule has 0 aliphatic heterocycles.